The summed E-state index contributed by atoms with van der Waals surface area (Å²) in [6, 6.07) is 1.50. The van der Waals surface area contributed by atoms with Gasteiger partial charge in [0.1, 0.15) is 0 Å². The van der Waals surface area contributed by atoms with Crippen molar-refractivity contribution in [3.63, 3.8) is 0 Å². The molecule has 1 rings (SSSR count). The first-order valence-electron chi connectivity index (χ1n) is 4.47. The highest BCUT2D eigenvalue weighted by Gasteiger charge is 2.14. The maximum absolute atomic E-state index is 12.8. The lowest BCUT2D eigenvalue weighted by atomic mass is 10.1. The summed E-state index contributed by atoms with van der Waals surface area (Å²) >= 11 is 0. The molecular weight excluding hydrogens is 202 g/mol. The minimum Gasteiger partial charge on any atom is -0.398 e. The van der Waals surface area contributed by atoms with E-state index in [1.54, 1.807) is 13.8 Å². The van der Waals surface area contributed by atoms with Crippen LogP contribution in [0.3, 0.4) is 0 Å². The van der Waals surface area contributed by atoms with Crippen LogP contribution < -0.4 is 11.1 Å². The molecule has 0 unspecified atom stereocenters. The zero-order chi connectivity index (χ0) is 11.6. The van der Waals surface area contributed by atoms with E-state index in [9.17, 15) is 13.6 Å². The van der Waals surface area contributed by atoms with Gasteiger partial charge in [-0.1, -0.05) is 0 Å². The van der Waals surface area contributed by atoms with Gasteiger partial charge < -0.3 is 11.1 Å². The average Bonchev–Trinajstić information content (AvgIpc) is 2.09. The highest BCUT2D eigenvalue weighted by atomic mass is 19.2. The van der Waals surface area contributed by atoms with Gasteiger partial charge in [0.25, 0.3) is 5.91 Å². The summed E-state index contributed by atoms with van der Waals surface area (Å²) in [5, 5.41) is 2.54. The van der Waals surface area contributed by atoms with Gasteiger partial charge in [-0.3, -0.25) is 4.79 Å². The van der Waals surface area contributed by atoms with Gasteiger partial charge in [0.15, 0.2) is 11.6 Å². The molecule has 0 aliphatic rings. The predicted molar refractivity (Wildman–Crippen MR) is 53.4 cm³/mol. The molecule has 0 aliphatic heterocycles. The molecule has 0 radical (unpaired) electrons. The Morgan fingerprint density at radius 3 is 2.40 bits per heavy atom. The number of amides is 1. The van der Waals surface area contributed by atoms with E-state index in [4.69, 9.17) is 5.73 Å². The van der Waals surface area contributed by atoms with Crippen molar-refractivity contribution in [1.82, 2.24) is 5.32 Å². The second-order valence-electron chi connectivity index (χ2n) is 3.48. The normalized spacial score (nSPS) is 10.5. The van der Waals surface area contributed by atoms with Crippen LogP contribution in [-0.2, 0) is 0 Å². The number of nitrogen functional groups attached to an aromatic ring is 1. The van der Waals surface area contributed by atoms with Crippen LogP contribution in [-0.4, -0.2) is 11.9 Å². The molecule has 0 aromatic heterocycles. The van der Waals surface area contributed by atoms with Gasteiger partial charge in [0.05, 0.1) is 5.56 Å². The molecule has 3 N–H and O–H groups in total. The smallest absolute Gasteiger partial charge is 0.253 e. The summed E-state index contributed by atoms with van der Waals surface area (Å²) < 4.78 is 25.5. The molecule has 0 spiro atoms. The van der Waals surface area contributed by atoms with Crippen molar-refractivity contribution >= 4 is 11.6 Å². The number of rotatable bonds is 2. The molecule has 0 heterocycles. The topological polar surface area (TPSA) is 55.1 Å². The fraction of sp³-hybridized carbons (Fsp3) is 0.300. The SMILES string of the molecule is CC(C)NC(=O)c1cc(F)c(F)cc1N. The molecule has 0 bridgehead atoms. The first-order valence-corrected chi connectivity index (χ1v) is 4.47. The van der Waals surface area contributed by atoms with Crippen LogP contribution in [0.2, 0.25) is 0 Å². The molecule has 82 valence electrons. The summed E-state index contributed by atoms with van der Waals surface area (Å²) in [4.78, 5) is 11.5. The maximum Gasteiger partial charge on any atom is 0.253 e. The van der Waals surface area contributed by atoms with Gasteiger partial charge in [0, 0.05) is 17.8 Å². The Balaban J connectivity index is 3.04. The third kappa shape index (κ3) is 2.65. The number of carbonyl (C=O) groups excluding carboxylic acids is 1. The van der Waals surface area contributed by atoms with Gasteiger partial charge in [-0.25, -0.2) is 8.78 Å². The number of nitrogens with two attached hydrogens (primary N) is 1. The quantitative estimate of drug-likeness (QED) is 0.736. The molecule has 0 saturated heterocycles. The zero-order valence-electron chi connectivity index (χ0n) is 8.47. The van der Waals surface area contributed by atoms with Gasteiger partial charge in [0.2, 0.25) is 0 Å². The lowest BCUT2D eigenvalue weighted by Gasteiger charge is -2.10. The molecule has 5 heteroatoms. The molecule has 0 fully saturated rings. The number of hydrogen-bond donors (Lipinski definition) is 2. The Hall–Kier alpha value is -1.65. The lowest BCUT2D eigenvalue weighted by Crippen LogP contribution is -2.30. The van der Waals surface area contributed by atoms with Crippen molar-refractivity contribution in [3.8, 4) is 0 Å². The maximum atomic E-state index is 12.8. The van der Waals surface area contributed by atoms with E-state index in [1.807, 2.05) is 0 Å². The third-order valence-electron chi connectivity index (χ3n) is 1.76. The predicted octanol–water partition coefficient (Wildman–Crippen LogP) is 1.69. The van der Waals surface area contributed by atoms with Crippen molar-refractivity contribution in [2.75, 3.05) is 5.73 Å². The Morgan fingerprint density at radius 2 is 1.87 bits per heavy atom. The number of anilines is 1. The Morgan fingerprint density at radius 1 is 1.33 bits per heavy atom. The van der Waals surface area contributed by atoms with Crippen LogP contribution in [0.25, 0.3) is 0 Å². The summed E-state index contributed by atoms with van der Waals surface area (Å²) in [5.41, 5.74) is 5.27. The van der Waals surface area contributed by atoms with E-state index in [-0.39, 0.29) is 17.3 Å². The minimum atomic E-state index is -1.09. The van der Waals surface area contributed by atoms with Crippen LogP contribution in [0.4, 0.5) is 14.5 Å². The Kier molecular flexibility index (Phi) is 3.24. The fourth-order valence-electron chi connectivity index (χ4n) is 1.10. The summed E-state index contributed by atoms with van der Waals surface area (Å²) in [5.74, 6) is -2.66. The lowest BCUT2D eigenvalue weighted by molar-refractivity contribution is 0.0943. The van der Waals surface area contributed by atoms with Crippen LogP contribution in [0, 0.1) is 11.6 Å². The van der Waals surface area contributed by atoms with Crippen LogP contribution in [0.15, 0.2) is 12.1 Å². The van der Waals surface area contributed by atoms with Crippen molar-refractivity contribution < 1.29 is 13.6 Å². The van der Waals surface area contributed by atoms with Crippen molar-refractivity contribution in [2.45, 2.75) is 19.9 Å². The summed E-state index contributed by atoms with van der Waals surface area (Å²) in [6.07, 6.45) is 0. The highest BCUT2D eigenvalue weighted by molar-refractivity contribution is 5.99. The van der Waals surface area contributed by atoms with E-state index in [0.29, 0.717) is 0 Å². The number of nitrogens with one attached hydrogen (secondary N) is 1. The van der Waals surface area contributed by atoms with Crippen LogP contribution in [0.1, 0.15) is 24.2 Å². The number of hydrogen-bond acceptors (Lipinski definition) is 2. The molecule has 0 aliphatic carbocycles. The highest BCUT2D eigenvalue weighted by Crippen LogP contribution is 2.16. The summed E-state index contributed by atoms with van der Waals surface area (Å²) in [6.45, 7) is 3.52. The molecule has 3 nitrogen and oxygen atoms in total. The van der Waals surface area contributed by atoms with Gasteiger partial charge in [-0.05, 0) is 19.9 Å². The first-order chi connectivity index (χ1) is 6.91. The van der Waals surface area contributed by atoms with E-state index < -0.39 is 17.5 Å². The number of carbonyl (C=O) groups is 1. The second kappa shape index (κ2) is 4.25. The third-order valence-corrected chi connectivity index (χ3v) is 1.76. The minimum absolute atomic E-state index is 0.0531. The van der Waals surface area contributed by atoms with Crippen LogP contribution >= 0.6 is 0 Å². The first kappa shape index (κ1) is 11.4. The molecule has 1 amide bonds. The average molecular weight is 214 g/mol. The van der Waals surface area contributed by atoms with Gasteiger partial charge in [-0.2, -0.15) is 0 Å². The van der Waals surface area contributed by atoms with Crippen molar-refractivity contribution in [1.29, 1.82) is 0 Å². The molecule has 1 aromatic carbocycles. The second-order valence-corrected chi connectivity index (χ2v) is 3.48. The Labute approximate surface area is 86.3 Å². The van der Waals surface area contributed by atoms with E-state index in [0.717, 1.165) is 12.1 Å². The largest absolute Gasteiger partial charge is 0.398 e. The van der Waals surface area contributed by atoms with Crippen molar-refractivity contribution in [2.24, 2.45) is 0 Å². The van der Waals surface area contributed by atoms with E-state index in [2.05, 4.69) is 5.32 Å². The van der Waals surface area contributed by atoms with E-state index in [1.165, 1.54) is 0 Å². The van der Waals surface area contributed by atoms with Gasteiger partial charge in [-0.15, -0.1) is 0 Å². The molecule has 15 heavy (non-hydrogen) atoms. The van der Waals surface area contributed by atoms with E-state index >= 15 is 0 Å². The monoisotopic (exact) mass is 214 g/mol. The molecule has 1 aromatic rings. The molecule has 0 saturated carbocycles. The standard InChI is InChI=1S/C10H12F2N2O/c1-5(2)14-10(15)6-3-7(11)8(12)4-9(6)13/h3-5H,13H2,1-2H3,(H,14,15). The Bertz CT molecular complexity index is 391. The zero-order valence-corrected chi connectivity index (χ0v) is 8.47. The number of halogens is 2. The molecular formula is C10H12F2N2O. The summed E-state index contributed by atoms with van der Waals surface area (Å²) in [7, 11) is 0. The number of benzene rings is 1. The van der Waals surface area contributed by atoms with Crippen molar-refractivity contribution in [3.05, 3.63) is 29.3 Å². The van der Waals surface area contributed by atoms with Crippen LogP contribution in [0.5, 0.6) is 0 Å². The van der Waals surface area contributed by atoms with Gasteiger partial charge >= 0.3 is 0 Å². The molecule has 0 atom stereocenters. The fourth-order valence-corrected chi connectivity index (χ4v) is 1.10.